The number of amides is 1. The number of fused-ring (bicyclic) bond motifs is 5. The third kappa shape index (κ3) is 4.38. The summed E-state index contributed by atoms with van der Waals surface area (Å²) in [5, 5.41) is 16.7. The van der Waals surface area contributed by atoms with Crippen molar-refractivity contribution < 1.29 is 18.0 Å². The smallest absolute Gasteiger partial charge is 0.350 e. The Morgan fingerprint density at radius 2 is 2.05 bits per heavy atom. The van der Waals surface area contributed by atoms with E-state index < -0.39 is 11.7 Å². The molecule has 196 valence electrons. The van der Waals surface area contributed by atoms with Gasteiger partial charge in [0.25, 0.3) is 0 Å². The number of nitrogens with zero attached hydrogens (tertiary/aromatic N) is 4. The summed E-state index contributed by atoms with van der Waals surface area (Å²) in [7, 11) is 0. The predicted molar refractivity (Wildman–Crippen MR) is 136 cm³/mol. The number of hydrogen-bond acceptors (Lipinski definition) is 6. The van der Waals surface area contributed by atoms with Gasteiger partial charge in [-0.3, -0.25) is 19.7 Å². The molecule has 2 N–H and O–H groups in total. The molecule has 4 heterocycles. The summed E-state index contributed by atoms with van der Waals surface area (Å²) < 4.78 is 41.2. The molecule has 38 heavy (non-hydrogen) atoms. The Kier molecular flexibility index (Phi) is 6.24. The topological polar surface area (TPSA) is 84.7 Å². The molecule has 0 spiro atoms. The average Bonchev–Trinajstić information content (AvgIpc) is 3.53. The zero-order valence-electron chi connectivity index (χ0n) is 20.1. The van der Waals surface area contributed by atoms with Gasteiger partial charge in [-0.15, -0.1) is 21.5 Å². The van der Waals surface area contributed by atoms with Crippen LogP contribution >= 0.6 is 22.9 Å². The number of nitrogens with one attached hydrogen (secondary N) is 2. The average molecular weight is 559 g/mol. The van der Waals surface area contributed by atoms with Crippen molar-refractivity contribution in [2.45, 2.75) is 45.1 Å². The van der Waals surface area contributed by atoms with Gasteiger partial charge in [-0.1, -0.05) is 29.8 Å². The summed E-state index contributed by atoms with van der Waals surface area (Å²) >= 11 is 8.24. The van der Waals surface area contributed by atoms with Crippen molar-refractivity contribution in [3.05, 3.63) is 92.1 Å². The lowest BCUT2D eigenvalue weighted by atomic mass is 9.95. The van der Waals surface area contributed by atoms with Crippen LogP contribution in [0.3, 0.4) is 0 Å². The Morgan fingerprint density at radius 3 is 2.84 bits per heavy atom. The highest BCUT2D eigenvalue weighted by atomic mass is 35.5. The number of aryl methyl sites for hydroxylation is 1. The molecule has 0 unspecified atom stereocenters. The van der Waals surface area contributed by atoms with Gasteiger partial charge < -0.3 is 5.32 Å². The minimum absolute atomic E-state index is 0.0714. The van der Waals surface area contributed by atoms with E-state index in [-0.39, 0.29) is 30.1 Å². The van der Waals surface area contributed by atoms with E-state index in [1.165, 1.54) is 0 Å². The second kappa shape index (κ2) is 9.48. The summed E-state index contributed by atoms with van der Waals surface area (Å²) in [5.41, 5.74) is 2.48. The van der Waals surface area contributed by atoms with Crippen LogP contribution in [0.15, 0.2) is 42.6 Å². The van der Waals surface area contributed by atoms with Crippen LogP contribution in [0, 0.1) is 12.8 Å². The van der Waals surface area contributed by atoms with E-state index >= 15 is 0 Å². The number of rotatable bonds is 4. The van der Waals surface area contributed by atoms with Crippen molar-refractivity contribution in [1.29, 1.82) is 0 Å². The van der Waals surface area contributed by atoms with Gasteiger partial charge in [0, 0.05) is 27.6 Å². The summed E-state index contributed by atoms with van der Waals surface area (Å²) in [6, 6.07) is 9.37. The number of carbonyl (C=O) groups is 1. The van der Waals surface area contributed by atoms with E-state index in [1.807, 2.05) is 31.2 Å². The van der Waals surface area contributed by atoms with E-state index in [0.29, 0.717) is 24.4 Å². The first-order chi connectivity index (χ1) is 18.2. The fraction of sp³-hybridized carbons (Fsp3) is 0.308. The van der Waals surface area contributed by atoms with E-state index in [0.717, 1.165) is 56.5 Å². The second-order valence-electron chi connectivity index (χ2n) is 9.41. The van der Waals surface area contributed by atoms with Crippen LogP contribution in [0.5, 0.6) is 0 Å². The lowest BCUT2D eigenvalue weighted by Gasteiger charge is -2.20. The maximum absolute atomic E-state index is 13.1. The third-order valence-corrected chi connectivity index (χ3v) is 8.62. The van der Waals surface area contributed by atoms with Crippen LogP contribution in [0.4, 0.5) is 13.2 Å². The first-order valence-electron chi connectivity index (χ1n) is 12.0. The molecule has 6 rings (SSSR count). The molecule has 2 atom stereocenters. The molecule has 12 heteroatoms. The summed E-state index contributed by atoms with van der Waals surface area (Å²) in [6.45, 7) is 2.35. The third-order valence-electron chi connectivity index (χ3n) is 7.02. The molecule has 0 bridgehead atoms. The molecule has 0 saturated carbocycles. The van der Waals surface area contributed by atoms with Gasteiger partial charge in [0.1, 0.15) is 10.8 Å². The Morgan fingerprint density at radius 1 is 1.24 bits per heavy atom. The van der Waals surface area contributed by atoms with Crippen LogP contribution in [0.25, 0.3) is 5.00 Å². The number of halogens is 4. The van der Waals surface area contributed by atoms with Crippen molar-refractivity contribution >= 4 is 28.8 Å². The number of thiophene rings is 1. The Hall–Kier alpha value is -3.28. The highest BCUT2D eigenvalue weighted by Crippen LogP contribution is 2.47. The predicted octanol–water partition coefficient (Wildman–Crippen LogP) is 4.93. The summed E-state index contributed by atoms with van der Waals surface area (Å²) in [5.74, 6) is 1.05. The summed E-state index contributed by atoms with van der Waals surface area (Å²) in [6.07, 6.45) is -2.30. The molecule has 0 saturated heterocycles. The van der Waals surface area contributed by atoms with E-state index in [1.54, 1.807) is 11.3 Å². The van der Waals surface area contributed by atoms with Crippen LogP contribution in [0.1, 0.15) is 50.5 Å². The van der Waals surface area contributed by atoms with Crippen LogP contribution in [0.2, 0.25) is 5.02 Å². The molecule has 1 aliphatic heterocycles. The van der Waals surface area contributed by atoms with Gasteiger partial charge in [-0.2, -0.15) is 13.2 Å². The molecule has 3 aromatic heterocycles. The lowest BCUT2D eigenvalue weighted by molar-refractivity contribution is -0.137. The highest BCUT2D eigenvalue weighted by Gasteiger charge is 2.38. The van der Waals surface area contributed by atoms with Crippen LogP contribution in [-0.2, 0) is 36.9 Å². The van der Waals surface area contributed by atoms with E-state index in [4.69, 9.17) is 11.6 Å². The number of aromatic nitrogens is 4. The van der Waals surface area contributed by atoms with Crippen molar-refractivity contribution in [1.82, 2.24) is 30.4 Å². The number of alkyl halides is 3. The minimum atomic E-state index is -4.46. The van der Waals surface area contributed by atoms with Gasteiger partial charge >= 0.3 is 6.18 Å². The zero-order valence-corrected chi connectivity index (χ0v) is 21.7. The molecular formula is C26H22ClF3N6OS. The normalized spacial score (nSPS) is 18.4. The molecule has 1 aliphatic carbocycles. The molecule has 0 fully saturated rings. The molecular weight excluding hydrogens is 537 g/mol. The van der Waals surface area contributed by atoms with E-state index in [2.05, 4.69) is 30.4 Å². The lowest BCUT2D eigenvalue weighted by Crippen LogP contribution is -2.31. The van der Waals surface area contributed by atoms with Gasteiger partial charge in [0.2, 0.25) is 5.91 Å². The second-order valence-corrected chi connectivity index (χ2v) is 10.9. The maximum Gasteiger partial charge on any atom is 0.416 e. The Labute approximate surface area is 225 Å². The van der Waals surface area contributed by atoms with Gasteiger partial charge in [0.05, 0.1) is 30.4 Å². The van der Waals surface area contributed by atoms with E-state index in [9.17, 15) is 18.0 Å². The molecule has 0 radical (unpaired) electrons. The standard InChI is InChI=1S/C26H22ClF3N6OS/c1-13-34-35-21-12-32-23(17-4-2-3-5-19(17)27)22-18-8-14(9-20(18)38-25(22)36(13)21)24(37)33-11-16-10-15(6-7-31-16)26(28,29)30/h2-7,10,14,23,32H,8-9,11-12H2,1H3,(H,33,37)/t14-,23-/m0/s1. The SMILES string of the molecule is Cc1nnc2n1-c1sc3c(c1[C@H](c1ccccc1Cl)NC2)C[C@H](C(=O)NCc1cc(C(F)(F)F)ccn1)C3. The number of hydrogen-bond donors (Lipinski definition) is 2. The number of benzene rings is 1. The maximum atomic E-state index is 13.1. The highest BCUT2D eigenvalue weighted by molar-refractivity contribution is 7.15. The van der Waals surface area contributed by atoms with Crippen LogP contribution < -0.4 is 10.6 Å². The van der Waals surface area contributed by atoms with Crippen molar-refractivity contribution in [2.24, 2.45) is 5.92 Å². The van der Waals surface area contributed by atoms with Gasteiger partial charge in [-0.05, 0) is 49.1 Å². The fourth-order valence-corrected chi connectivity index (χ4v) is 6.98. The summed E-state index contributed by atoms with van der Waals surface area (Å²) in [4.78, 5) is 18.2. The quantitative estimate of drug-likeness (QED) is 0.371. The minimum Gasteiger partial charge on any atom is -0.350 e. The van der Waals surface area contributed by atoms with Gasteiger partial charge in [-0.25, -0.2) is 0 Å². The molecule has 1 amide bonds. The van der Waals surface area contributed by atoms with Gasteiger partial charge in [0.15, 0.2) is 5.82 Å². The largest absolute Gasteiger partial charge is 0.416 e. The molecule has 2 aliphatic rings. The van der Waals surface area contributed by atoms with Crippen LogP contribution in [-0.4, -0.2) is 25.7 Å². The first-order valence-corrected chi connectivity index (χ1v) is 13.2. The Balaban J connectivity index is 1.28. The number of pyridine rings is 1. The van der Waals surface area contributed by atoms with Crippen molar-refractivity contribution in [2.75, 3.05) is 0 Å². The molecule has 1 aromatic carbocycles. The first kappa shape index (κ1) is 25.0. The Bertz CT molecular complexity index is 1550. The molecule has 7 nitrogen and oxygen atoms in total. The van der Waals surface area contributed by atoms with Crippen molar-refractivity contribution in [3.8, 4) is 5.00 Å². The fourth-order valence-electron chi connectivity index (χ4n) is 5.22. The molecule has 4 aromatic rings. The monoisotopic (exact) mass is 558 g/mol. The zero-order chi connectivity index (χ0) is 26.6. The van der Waals surface area contributed by atoms with Crippen molar-refractivity contribution in [3.63, 3.8) is 0 Å². The number of carbonyl (C=O) groups excluding carboxylic acids is 1.